The topological polar surface area (TPSA) is 39.7 Å². The van der Waals surface area contributed by atoms with E-state index in [1.165, 1.54) is 17.7 Å². The highest BCUT2D eigenvalue weighted by atomic mass is 19.1. The van der Waals surface area contributed by atoms with Crippen molar-refractivity contribution >= 4 is 5.69 Å². The van der Waals surface area contributed by atoms with Crippen molar-refractivity contribution in [2.45, 2.75) is 44.6 Å². The Hall–Kier alpha value is -3.15. The third-order valence-electron chi connectivity index (χ3n) is 5.96. The number of benzene rings is 3. The Labute approximate surface area is 201 Å². The summed E-state index contributed by atoms with van der Waals surface area (Å²) in [5.41, 5.74) is 3.36. The van der Waals surface area contributed by atoms with Crippen LogP contribution in [0.3, 0.4) is 0 Å². The van der Waals surface area contributed by atoms with Crippen LogP contribution in [0.5, 0.6) is 5.75 Å². The van der Waals surface area contributed by atoms with Crippen LogP contribution in [0.1, 0.15) is 36.6 Å². The van der Waals surface area contributed by atoms with Gasteiger partial charge in [0.25, 0.3) is 0 Å². The van der Waals surface area contributed by atoms with Gasteiger partial charge in [0, 0.05) is 17.8 Å². The maximum absolute atomic E-state index is 13.5. The number of ether oxygens (including phenoxy) is 3. The quantitative estimate of drug-likeness (QED) is 0.351. The molecule has 3 aromatic rings. The predicted octanol–water partition coefficient (Wildman–Crippen LogP) is 6.48. The Kier molecular flexibility index (Phi) is 7.66. The number of anilines is 1. The Morgan fingerprint density at radius 1 is 1.00 bits per heavy atom. The molecule has 1 heterocycles. The normalized spacial score (nSPS) is 18.6. The zero-order valence-electron chi connectivity index (χ0n) is 19.8. The first-order valence-corrected chi connectivity index (χ1v) is 11.7. The third kappa shape index (κ3) is 5.85. The van der Waals surface area contributed by atoms with Crippen LogP contribution < -0.4 is 10.1 Å². The number of halogens is 1. The van der Waals surface area contributed by atoms with Gasteiger partial charge in [0.05, 0.1) is 13.2 Å². The van der Waals surface area contributed by atoms with Crippen molar-refractivity contribution in [3.05, 3.63) is 108 Å². The summed E-state index contributed by atoms with van der Waals surface area (Å²) >= 11 is 0. The van der Waals surface area contributed by atoms with E-state index >= 15 is 0 Å². The lowest BCUT2D eigenvalue weighted by Gasteiger charge is -2.44. The van der Waals surface area contributed by atoms with Gasteiger partial charge in [-0.3, -0.25) is 0 Å². The molecule has 0 aliphatic carbocycles. The number of fused-ring (bicyclic) bond motifs is 1. The number of hydrogen-bond acceptors (Lipinski definition) is 4. The van der Waals surface area contributed by atoms with Gasteiger partial charge in [0.15, 0.2) is 0 Å². The van der Waals surface area contributed by atoms with E-state index in [-0.39, 0.29) is 18.0 Å². The summed E-state index contributed by atoms with van der Waals surface area (Å²) in [7, 11) is 0. The lowest BCUT2D eigenvalue weighted by Crippen LogP contribution is -2.51. The van der Waals surface area contributed by atoms with E-state index in [4.69, 9.17) is 14.2 Å². The average Bonchev–Trinajstić information content (AvgIpc) is 2.82. The molecule has 0 aromatic heterocycles. The molecule has 178 valence electrons. The molecule has 4 nitrogen and oxygen atoms in total. The first-order chi connectivity index (χ1) is 16.5. The Morgan fingerprint density at radius 3 is 2.56 bits per heavy atom. The van der Waals surface area contributed by atoms with Crippen molar-refractivity contribution in [3.8, 4) is 5.75 Å². The van der Waals surface area contributed by atoms with Crippen molar-refractivity contribution in [2.75, 3.05) is 18.5 Å². The van der Waals surface area contributed by atoms with Gasteiger partial charge in [-0.2, -0.15) is 0 Å². The van der Waals surface area contributed by atoms with Crippen LogP contribution in [0, 0.1) is 5.82 Å². The maximum Gasteiger partial charge on any atom is 0.132 e. The van der Waals surface area contributed by atoms with Crippen LogP contribution in [0.15, 0.2) is 85.5 Å². The lowest BCUT2D eigenvalue weighted by atomic mass is 9.87. The van der Waals surface area contributed by atoms with Crippen molar-refractivity contribution in [3.63, 3.8) is 0 Å². The van der Waals surface area contributed by atoms with Gasteiger partial charge in [-0.25, -0.2) is 4.39 Å². The molecule has 5 heteroatoms. The average molecular weight is 462 g/mol. The van der Waals surface area contributed by atoms with Gasteiger partial charge >= 0.3 is 0 Å². The van der Waals surface area contributed by atoms with E-state index < -0.39 is 5.60 Å². The molecule has 0 radical (unpaired) electrons. The van der Waals surface area contributed by atoms with E-state index in [0.717, 1.165) is 29.0 Å². The molecule has 2 unspecified atom stereocenters. The van der Waals surface area contributed by atoms with Gasteiger partial charge in [-0.15, -0.1) is 6.58 Å². The third-order valence-corrected chi connectivity index (χ3v) is 5.96. The summed E-state index contributed by atoms with van der Waals surface area (Å²) in [4.78, 5) is 0. The summed E-state index contributed by atoms with van der Waals surface area (Å²) in [5, 5.41) is 3.38. The number of rotatable bonds is 10. The zero-order chi connectivity index (χ0) is 24.0. The minimum absolute atomic E-state index is 0.241. The van der Waals surface area contributed by atoms with Crippen LogP contribution in [-0.2, 0) is 22.4 Å². The second-order valence-electron chi connectivity index (χ2n) is 9.01. The first kappa shape index (κ1) is 24.0. The largest absolute Gasteiger partial charge is 0.485 e. The lowest BCUT2D eigenvalue weighted by molar-refractivity contribution is -0.156. The molecular formula is C29H32FNO3. The number of nitrogens with one attached hydrogen (secondary N) is 1. The molecule has 0 bridgehead atoms. The molecule has 1 aliphatic heterocycles. The molecule has 0 amide bonds. The Bertz CT molecular complexity index is 1100. The predicted molar refractivity (Wildman–Crippen MR) is 134 cm³/mol. The smallest absolute Gasteiger partial charge is 0.132 e. The highest BCUT2D eigenvalue weighted by molar-refractivity contribution is 5.54. The molecular weight excluding hydrogens is 429 g/mol. The number of hydrogen-bond donors (Lipinski definition) is 1. The molecule has 0 saturated carbocycles. The van der Waals surface area contributed by atoms with Crippen LogP contribution in [0.2, 0.25) is 0 Å². The summed E-state index contributed by atoms with van der Waals surface area (Å²) < 4.78 is 32.5. The molecule has 0 fully saturated rings. The highest BCUT2D eigenvalue weighted by Gasteiger charge is 2.45. The van der Waals surface area contributed by atoms with Crippen LogP contribution in [0.25, 0.3) is 0 Å². The molecule has 1 aliphatic rings. The maximum atomic E-state index is 13.5. The fraction of sp³-hybridized carbons (Fsp3) is 0.310. The van der Waals surface area contributed by atoms with Crippen molar-refractivity contribution < 1.29 is 18.6 Å². The summed E-state index contributed by atoms with van der Waals surface area (Å²) in [6.45, 7) is 9.31. The zero-order valence-corrected chi connectivity index (χ0v) is 19.8. The van der Waals surface area contributed by atoms with Crippen LogP contribution in [0.4, 0.5) is 10.1 Å². The summed E-state index contributed by atoms with van der Waals surface area (Å²) in [5.74, 6) is 0.541. The fourth-order valence-corrected chi connectivity index (χ4v) is 4.28. The highest BCUT2D eigenvalue weighted by Crippen LogP contribution is 2.44. The van der Waals surface area contributed by atoms with Crippen molar-refractivity contribution in [1.82, 2.24) is 0 Å². The summed E-state index contributed by atoms with van der Waals surface area (Å²) in [6.07, 6.45) is 1.93. The molecule has 3 aromatic carbocycles. The Balaban J connectivity index is 1.56. The second-order valence-corrected chi connectivity index (χ2v) is 9.01. The monoisotopic (exact) mass is 461 g/mol. The van der Waals surface area contributed by atoms with E-state index in [0.29, 0.717) is 19.8 Å². The van der Waals surface area contributed by atoms with Crippen molar-refractivity contribution in [1.29, 1.82) is 0 Å². The molecule has 2 atom stereocenters. The van der Waals surface area contributed by atoms with Gasteiger partial charge in [0.2, 0.25) is 0 Å². The van der Waals surface area contributed by atoms with Crippen LogP contribution >= 0.6 is 0 Å². The van der Waals surface area contributed by atoms with Crippen molar-refractivity contribution in [2.24, 2.45) is 0 Å². The first-order valence-electron chi connectivity index (χ1n) is 11.7. The Morgan fingerprint density at radius 2 is 1.79 bits per heavy atom. The van der Waals surface area contributed by atoms with Crippen LogP contribution in [-0.4, -0.2) is 24.9 Å². The van der Waals surface area contributed by atoms with Gasteiger partial charge in [0.1, 0.15) is 29.4 Å². The van der Waals surface area contributed by atoms with Gasteiger partial charge in [-0.05, 0) is 61.7 Å². The molecule has 4 rings (SSSR count). The van der Waals surface area contributed by atoms with Gasteiger partial charge < -0.3 is 19.5 Å². The molecule has 34 heavy (non-hydrogen) atoms. The SMILES string of the molecule is C=CCOC1C(OCCc2ccccc2)c2cc(NCc3cccc(F)c3)ccc2OC1(C)C. The molecule has 0 saturated heterocycles. The van der Waals surface area contributed by atoms with E-state index in [1.54, 1.807) is 12.1 Å². The minimum Gasteiger partial charge on any atom is -0.485 e. The minimum atomic E-state index is -0.579. The summed E-state index contributed by atoms with van der Waals surface area (Å²) in [6, 6.07) is 22.9. The van der Waals surface area contributed by atoms with E-state index in [2.05, 4.69) is 24.0 Å². The fourth-order valence-electron chi connectivity index (χ4n) is 4.28. The van der Waals surface area contributed by atoms with Gasteiger partial charge in [-0.1, -0.05) is 48.5 Å². The van der Waals surface area contributed by atoms with E-state index in [9.17, 15) is 4.39 Å². The molecule has 0 spiro atoms. The van der Waals surface area contributed by atoms with E-state index in [1.807, 2.05) is 56.3 Å². The standard InChI is InChI=1S/C29H32FNO3/c1-4-16-33-28-27(32-17-15-21-9-6-5-7-10-21)25-19-24(13-14-26(25)34-29(28,2)3)31-20-22-11-8-12-23(30)18-22/h4-14,18-19,27-28,31H,1,15-17,20H2,2-3H3. The second kappa shape index (κ2) is 10.9. The molecule has 1 N–H and O–H groups in total.